The molecule has 146 valence electrons. The van der Waals surface area contributed by atoms with Crippen LogP contribution >= 0.6 is 15.9 Å². The van der Waals surface area contributed by atoms with Gasteiger partial charge in [0.25, 0.3) is 5.91 Å². The van der Waals surface area contributed by atoms with Gasteiger partial charge in [-0.15, -0.1) is 0 Å². The Kier molecular flexibility index (Phi) is 5.64. The van der Waals surface area contributed by atoms with Crippen molar-refractivity contribution in [2.24, 2.45) is 0 Å². The summed E-state index contributed by atoms with van der Waals surface area (Å²) in [7, 11) is 0. The molecule has 0 saturated carbocycles. The van der Waals surface area contributed by atoms with E-state index in [2.05, 4.69) is 32.0 Å². The minimum Gasteiger partial charge on any atom is -0.322 e. The minimum absolute atomic E-state index is 0.186. The first-order chi connectivity index (χ1) is 13.3. The van der Waals surface area contributed by atoms with E-state index in [1.54, 1.807) is 49.4 Å². The Morgan fingerprint density at radius 1 is 1.18 bits per heavy atom. The molecule has 0 radical (unpaired) electrons. The molecule has 1 heterocycles. The van der Waals surface area contributed by atoms with Gasteiger partial charge in [0.05, 0.1) is 0 Å². The largest absolute Gasteiger partial charge is 0.344 e. The van der Waals surface area contributed by atoms with Crippen molar-refractivity contribution in [3.05, 3.63) is 64.4 Å². The highest BCUT2D eigenvalue weighted by Gasteiger charge is 2.48. The molecule has 2 aromatic rings. The van der Waals surface area contributed by atoms with Gasteiger partial charge < -0.3 is 10.6 Å². The van der Waals surface area contributed by atoms with Crippen molar-refractivity contribution in [1.29, 1.82) is 0 Å². The third kappa shape index (κ3) is 4.30. The summed E-state index contributed by atoms with van der Waals surface area (Å²) in [6.07, 6.45) is 0.444. The molecule has 2 aromatic carbocycles. The second-order valence-corrected chi connectivity index (χ2v) is 7.48. The molecule has 1 atom stereocenters. The highest BCUT2D eigenvalue weighted by molar-refractivity contribution is 9.10. The molecule has 7 nitrogen and oxygen atoms in total. The number of nitrogens with one attached hydrogen (secondary N) is 3. The number of aryl methyl sites for hydroxylation is 1. The predicted octanol–water partition coefficient (Wildman–Crippen LogP) is 3.57. The van der Waals surface area contributed by atoms with Gasteiger partial charge in [-0.25, -0.2) is 19.4 Å². The van der Waals surface area contributed by atoms with Crippen LogP contribution in [0.5, 0.6) is 0 Å². The lowest BCUT2D eigenvalue weighted by Gasteiger charge is -2.21. The first-order valence-electron chi connectivity index (χ1n) is 8.52. The first-order valence-corrected chi connectivity index (χ1v) is 9.31. The number of nitrogens with zero attached hydrogens (tertiary/aromatic N) is 1. The summed E-state index contributed by atoms with van der Waals surface area (Å²) in [5.41, 5.74) is 1.94. The summed E-state index contributed by atoms with van der Waals surface area (Å²) in [6.45, 7) is 1.54. The van der Waals surface area contributed by atoms with E-state index in [0.717, 1.165) is 4.47 Å². The summed E-state index contributed by atoms with van der Waals surface area (Å²) in [5.74, 6) is -0.980. The minimum atomic E-state index is -1.25. The van der Waals surface area contributed by atoms with E-state index in [0.29, 0.717) is 16.3 Å². The van der Waals surface area contributed by atoms with Crippen LogP contribution in [0.4, 0.5) is 19.7 Å². The van der Waals surface area contributed by atoms with Gasteiger partial charge in [0.15, 0.2) is 0 Å². The fourth-order valence-corrected chi connectivity index (χ4v) is 3.10. The first kappa shape index (κ1) is 19.8. The highest BCUT2D eigenvalue weighted by Crippen LogP contribution is 2.23. The third-order valence-corrected chi connectivity index (χ3v) is 4.96. The summed E-state index contributed by atoms with van der Waals surface area (Å²) >= 11 is 3.29. The quantitative estimate of drug-likeness (QED) is 0.610. The lowest BCUT2D eigenvalue weighted by Crippen LogP contribution is -2.50. The van der Waals surface area contributed by atoms with Gasteiger partial charge >= 0.3 is 12.1 Å². The molecule has 1 fully saturated rings. The number of anilines is 1. The lowest BCUT2D eigenvalue weighted by atomic mass is 9.93. The van der Waals surface area contributed by atoms with Crippen LogP contribution in [0.15, 0.2) is 53.0 Å². The number of hydrazine groups is 1. The number of benzene rings is 2. The van der Waals surface area contributed by atoms with Crippen molar-refractivity contribution in [3.63, 3.8) is 0 Å². The Hall–Kier alpha value is -2.94. The molecule has 1 aliphatic heterocycles. The molecule has 0 aromatic heterocycles. The van der Waals surface area contributed by atoms with Gasteiger partial charge in [-0.3, -0.25) is 4.79 Å². The second-order valence-electron chi connectivity index (χ2n) is 6.57. The number of hydrogen-bond acceptors (Lipinski definition) is 3. The summed E-state index contributed by atoms with van der Waals surface area (Å²) in [5, 5.41) is 5.73. The summed E-state index contributed by atoms with van der Waals surface area (Å²) in [4.78, 5) is 37.0. The average Bonchev–Trinajstić information content (AvgIpc) is 2.86. The number of carbonyl (C=O) groups excluding carboxylic acids is 3. The van der Waals surface area contributed by atoms with E-state index in [1.165, 1.54) is 6.07 Å². The number of amides is 5. The van der Waals surface area contributed by atoms with Crippen molar-refractivity contribution in [2.45, 2.75) is 25.3 Å². The van der Waals surface area contributed by atoms with Gasteiger partial charge in [0, 0.05) is 10.2 Å². The Morgan fingerprint density at radius 2 is 1.86 bits per heavy atom. The molecule has 0 spiro atoms. The standard InChI is InChI=1S/C19H18BrFN4O3/c1-19(11-10-12-4-2-3-5-15(12)21)16(26)25(18(28)23-19)24-17(27)22-14-8-6-13(20)7-9-14/h2-9H,10-11H2,1H3,(H,23,28)(H2,22,24,27). The van der Waals surface area contributed by atoms with Crippen LogP contribution < -0.4 is 16.1 Å². The fraction of sp³-hybridized carbons (Fsp3) is 0.211. The van der Waals surface area contributed by atoms with E-state index in [4.69, 9.17) is 0 Å². The number of carbonyl (C=O) groups is 3. The van der Waals surface area contributed by atoms with E-state index >= 15 is 0 Å². The maximum absolute atomic E-state index is 13.8. The summed E-state index contributed by atoms with van der Waals surface area (Å²) in [6, 6.07) is 11.6. The van der Waals surface area contributed by atoms with E-state index in [9.17, 15) is 18.8 Å². The average molecular weight is 449 g/mol. The van der Waals surface area contributed by atoms with Gasteiger partial charge in [0.2, 0.25) is 0 Å². The molecular formula is C19H18BrFN4O3. The van der Waals surface area contributed by atoms with Gasteiger partial charge in [-0.1, -0.05) is 34.1 Å². The second kappa shape index (κ2) is 7.97. The van der Waals surface area contributed by atoms with Crippen LogP contribution in [0.1, 0.15) is 18.9 Å². The molecule has 1 aliphatic rings. The highest BCUT2D eigenvalue weighted by atomic mass is 79.9. The Labute approximate surface area is 169 Å². The van der Waals surface area contributed by atoms with Gasteiger partial charge in [-0.05, 0) is 55.7 Å². The molecule has 0 bridgehead atoms. The van der Waals surface area contributed by atoms with Crippen molar-refractivity contribution >= 4 is 39.6 Å². The topological polar surface area (TPSA) is 90.5 Å². The molecule has 1 saturated heterocycles. The molecule has 0 aliphatic carbocycles. The molecule has 28 heavy (non-hydrogen) atoms. The van der Waals surface area contributed by atoms with Crippen molar-refractivity contribution in [1.82, 2.24) is 15.8 Å². The molecule has 3 N–H and O–H groups in total. The maximum atomic E-state index is 13.8. The van der Waals surface area contributed by atoms with E-state index < -0.39 is 23.5 Å². The molecule has 5 amide bonds. The normalized spacial score (nSPS) is 18.8. The van der Waals surface area contributed by atoms with Gasteiger partial charge in [-0.2, -0.15) is 5.01 Å². The number of hydrogen-bond donors (Lipinski definition) is 3. The number of rotatable bonds is 5. The number of imide groups is 1. The molecule has 1 unspecified atom stereocenters. The molecule has 3 rings (SSSR count). The van der Waals surface area contributed by atoms with Crippen LogP contribution in [0, 0.1) is 5.82 Å². The monoisotopic (exact) mass is 448 g/mol. The smallest absolute Gasteiger partial charge is 0.322 e. The van der Waals surface area contributed by atoms with Crippen molar-refractivity contribution in [3.8, 4) is 0 Å². The maximum Gasteiger partial charge on any atom is 0.344 e. The van der Waals surface area contributed by atoms with Crippen LogP contribution in [-0.4, -0.2) is 28.5 Å². The molecule has 9 heteroatoms. The van der Waals surface area contributed by atoms with Crippen LogP contribution in [0.25, 0.3) is 0 Å². The Balaban J connectivity index is 1.62. The predicted molar refractivity (Wildman–Crippen MR) is 105 cm³/mol. The SMILES string of the molecule is CC1(CCc2ccccc2F)NC(=O)N(NC(=O)Nc2ccc(Br)cc2)C1=O. The van der Waals surface area contributed by atoms with Crippen LogP contribution in [0.3, 0.4) is 0 Å². The Morgan fingerprint density at radius 3 is 2.54 bits per heavy atom. The van der Waals surface area contributed by atoms with E-state index in [1.807, 2.05) is 0 Å². The zero-order chi connectivity index (χ0) is 20.3. The van der Waals surface area contributed by atoms with Gasteiger partial charge in [0.1, 0.15) is 11.4 Å². The number of halogens is 2. The molecular weight excluding hydrogens is 431 g/mol. The Bertz CT molecular complexity index is 922. The zero-order valence-electron chi connectivity index (χ0n) is 15.0. The van der Waals surface area contributed by atoms with E-state index in [-0.39, 0.29) is 18.7 Å². The van der Waals surface area contributed by atoms with Crippen molar-refractivity contribution < 1.29 is 18.8 Å². The van der Waals surface area contributed by atoms with Crippen LogP contribution in [0.2, 0.25) is 0 Å². The van der Waals surface area contributed by atoms with Crippen molar-refractivity contribution in [2.75, 3.05) is 5.32 Å². The number of urea groups is 2. The summed E-state index contributed by atoms with van der Waals surface area (Å²) < 4.78 is 14.6. The lowest BCUT2D eigenvalue weighted by molar-refractivity contribution is -0.132. The third-order valence-electron chi connectivity index (χ3n) is 4.43. The van der Waals surface area contributed by atoms with Crippen LogP contribution in [-0.2, 0) is 11.2 Å². The fourth-order valence-electron chi connectivity index (χ4n) is 2.83. The zero-order valence-corrected chi connectivity index (χ0v) is 16.5.